The first-order valence-corrected chi connectivity index (χ1v) is 2.84. The lowest BCUT2D eigenvalue weighted by atomic mass is 10.4. The first-order valence-electron chi connectivity index (χ1n) is 2.02. The normalized spacial score (nSPS) is 21.1. The van der Waals surface area contributed by atoms with Crippen molar-refractivity contribution in [3.8, 4) is 0 Å². The van der Waals surface area contributed by atoms with Crippen molar-refractivity contribution >= 4 is 22.0 Å². The van der Waals surface area contributed by atoms with Gasteiger partial charge in [-0.15, -0.1) is 0 Å². The Labute approximate surface area is 45.3 Å². The summed E-state index contributed by atoms with van der Waals surface area (Å²) < 4.78 is 0. The fourth-order valence-corrected chi connectivity index (χ4v) is 1.10. The molecule has 1 heterocycles. The summed E-state index contributed by atoms with van der Waals surface area (Å²) in [7, 11) is 0. The van der Waals surface area contributed by atoms with Crippen LogP contribution in [0.4, 0.5) is 0 Å². The number of rotatable bonds is 0. The second-order valence-corrected chi connectivity index (χ2v) is 2.46. The molecule has 0 radical (unpaired) electrons. The molecule has 0 spiro atoms. The van der Waals surface area contributed by atoms with Crippen LogP contribution in [0.1, 0.15) is 12.8 Å². The summed E-state index contributed by atoms with van der Waals surface area (Å²) in [6.45, 7) is 0. The molecule has 2 nitrogen and oxygen atoms in total. The van der Waals surface area contributed by atoms with Gasteiger partial charge >= 0.3 is 0 Å². The van der Waals surface area contributed by atoms with E-state index >= 15 is 0 Å². The molecule has 0 atom stereocenters. The molecular formula is C4H4O2S. The fraction of sp³-hybridized carbons (Fsp3) is 0.500. The molecule has 0 aliphatic carbocycles. The monoisotopic (exact) mass is 116 g/mol. The average molecular weight is 116 g/mol. The molecule has 0 bridgehead atoms. The lowest BCUT2D eigenvalue weighted by molar-refractivity contribution is -0.112. The highest BCUT2D eigenvalue weighted by atomic mass is 32.2. The third kappa shape index (κ3) is 1.03. The summed E-state index contributed by atoms with van der Waals surface area (Å²) in [6, 6.07) is 0. The molecule has 0 aromatic rings. The van der Waals surface area contributed by atoms with Crippen molar-refractivity contribution in [2.24, 2.45) is 0 Å². The number of carbonyl (C=O) groups is 2. The van der Waals surface area contributed by atoms with Gasteiger partial charge in [0.15, 0.2) is 10.2 Å². The lowest BCUT2D eigenvalue weighted by Gasteiger charge is -1.70. The summed E-state index contributed by atoms with van der Waals surface area (Å²) >= 11 is 0.843. The third-order valence-corrected chi connectivity index (χ3v) is 1.62. The minimum Gasteiger partial charge on any atom is -0.287 e. The zero-order chi connectivity index (χ0) is 5.28. The molecule has 7 heavy (non-hydrogen) atoms. The van der Waals surface area contributed by atoms with Gasteiger partial charge in [-0.05, 0) is 11.8 Å². The SMILES string of the molecule is O=C1CCC(=O)S1. The summed E-state index contributed by atoms with van der Waals surface area (Å²) in [4.78, 5) is 20.4. The van der Waals surface area contributed by atoms with Crippen LogP contribution in [0.5, 0.6) is 0 Å². The Balaban J connectivity index is 2.55. The number of carbonyl (C=O) groups excluding carboxylic acids is 2. The van der Waals surface area contributed by atoms with Crippen molar-refractivity contribution in [1.82, 2.24) is 0 Å². The van der Waals surface area contributed by atoms with Crippen LogP contribution in [0.25, 0.3) is 0 Å². The van der Waals surface area contributed by atoms with Crippen LogP contribution in [-0.4, -0.2) is 10.2 Å². The van der Waals surface area contributed by atoms with E-state index in [4.69, 9.17) is 0 Å². The van der Waals surface area contributed by atoms with Crippen LogP contribution in [0, 0.1) is 0 Å². The van der Waals surface area contributed by atoms with Crippen molar-refractivity contribution < 1.29 is 9.59 Å². The molecule has 0 saturated carbocycles. The Morgan fingerprint density at radius 2 is 1.57 bits per heavy atom. The number of hydrogen-bond donors (Lipinski definition) is 0. The molecule has 0 amide bonds. The second-order valence-electron chi connectivity index (χ2n) is 1.35. The molecule has 0 N–H and O–H groups in total. The van der Waals surface area contributed by atoms with E-state index in [1.807, 2.05) is 0 Å². The lowest BCUT2D eigenvalue weighted by Crippen LogP contribution is -1.76. The predicted molar refractivity (Wildman–Crippen MR) is 26.8 cm³/mol. The van der Waals surface area contributed by atoms with Gasteiger partial charge in [-0.25, -0.2) is 0 Å². The van der Waals surface area contributed by atoms with E-state index in [1.54, 1.807) is 0 Å². The van der Waals surface area contributed by atoms with Crippen molar-refractivity contribution in [3.63, 3.8) is 0 Å². The van der Waals surface area contributed by atoms with E-state index in [0.717, 1.165) is 11.8 Å². The first kappa shape index (κ1) is 4.84. The molecule has 1 aliphatic heterocycles. The van der Waals surface area contributed by atoms with Crippen LogP contribution in [0.15, 0.2) is 0 Å². The minimum atomic E-state index is 0.0185. The summed E-state index contributed by atoms with van der Waals surface area (Å²) in [5, 5.41) is 0.0370. The molecule has 1 saturated heterocycles. The highest BCUT2D eigenvalue weighted by Crippen LogP contribution is 2.19. The summed E-state index contributed by atoms with van der Waals surface area (Å²) in [6.07, 6.45) is 0.896. The second kappa shape index (κ2) is 1.66. The Kier molecular flexibility index (Phi) is 1.15. The van der Waals surface area contributed by atoms with Crippen molar-refractivity contribution in [3.05, 3.63) is 0 Å². The molecule has 3 heteroatoms. The highest BCUT2D eigenvalue weighted by molar-refractivity contribution is 8.26. The van der Waals surface area contributed by atoms with Crippen molar-refractivity contribution in [2.75, 3.05) is 0 Å². The van der Waals surface area contributed by atoms with Crippen LogP contribution in [0.2, 0.25) is 0 Å². The van der Waals surface area contributed by atoms with Crippen LogP contribution >= 0.6 is 11.8 Å². The smallest absolute Gasteiger partial charge is 0.196 e. The van der Waals surface area contributed by atoms with Gasteiger partial charge in [0, 0.05) is 12.8 Å². The molecule has 0 aromatic carbocycles. The number of hydrogen-bond acceptors (Lipinski definition) is 3. The molecule has 1 aliphatic rings. The fourth-order valence-electron chi connectivity index (χ4n) is 0.433. The highest BCUT2D eigenvalue weighted by Gasteiger charge is 2.18. The quantitative estimate of drug-likeness (QED) is 0.464. The van der Waals surface area contributed by atoms with Crippen LogP contribution in [-0.2, 0) is 9.59 Å². The van der Waals surface area contributed by atoms with Gasteiger partial charge in [0.05, 0.1) is 0 Å². The standard InChI is InChI=1S/C4H4O2S/c5-3-1-2-4(6)7-3/h1-2H2. The van der Waals surface area contributed by atoms with Gasteiger partial charge in [-0.3, -0.25) is 9.59 Å². The van der Waals surface area contributed by atoms with Gasteiger partial charge in [0.1, 0.15) is 0 Å². The zero-order valence-electron chi connectivity index (χ0n) is 3.64. The Bertz CT molecular complexity index is 105. The Morgan fingerprint density at radius 1 is 1.14 bits per heavy atom. The Morgan fingerprint density at radius 3 is 1.71 bits per heavy atom. The van der Waals surface area contributed by atoms with Gasteiger partial charge in [-0.2, -0.15) is 0 Å². The third-order valence-electron chi connectivity index (χ3n) is 0.761. The molecular weight excluding hydrogens is 112 g/mol. The Hall–Kier alpha value is -0.310. The van der Waals surface area contributed by atoms with Crippen molar-refractivity contribution in [2.45, 2.75) is 12.8 Å². The van der Waals surface area contributed by atoms with Crippen molar-refractivity contribution in [1.29, 1.82) is 0 Å². The molecule has 38 valence electrons. The summed E-state index contributed by atoms with van der Waals surface area (Å²) in [5.41, 5.74) is 0. The van der Waals surface area contributed by atoms with Crippen LogP contribution < -0.4 is 0 Å². The predicted octanol–water partition coefficient (Wildman–Crippen LogP) is 0.567. The van der Waals surface area contributed by atoms with E-state index in [-0.39, 0.29) is 10.2 Å². The maximum atomic E-state index is 10.2. The molecule has 1 fully saturated rings. The minimum absolute atomic E-state index is 0.0185. The van der Waals surface area contributed by atoms with E-state index in [9.17, 15) is 9.59 Å². The van der Waals surface area contributed by atoms with E-state index in [1.165, 1.54) is 0 Å². The van der Waals surface area contributed by atoms with E-state index in [0.29, 0.717) is 12.8 Å². The van der Waals surface area contributed by atoms with Gasteiger partial charge in [-0.1, -0.05) is 0 Å². The zero-order valence-corrected chi connectivity index (χ0v) is 4.46. The molecule has 0 unspecified atom stereocenters. The molecule has 0 aromatic heterocycles. The maximum Gasteiger partial charge on any atom is 0.196 e. The van der Waals surface area contributed by atoms with E-state index < -0.39 is 0 Å². The largest absolute Gasteiger partial charge is 0.287 e. The molecule has 1 rings (SSSR count). The van der Waals surface area contributed by atoms with Gasteiger partial charge < -0.3 is 0 Å². The van der Waals surface area contributed by atoms with Gasteiger partial charge in [0.25, 0.3) is 0 Å². The first-order chi connectivity index (χ1) is 3.29. The summed E-state index contributed by atoms with van der Waals surface area (Å²) in [5.74, 6) is 0. The van der Waals surface area contributed by atoms with E-state index in [2.05, 4.69) is 0 Å². The van der Waals surface area contributed by atoms with Gasteiger partial charge in [0.2, 0.25) is 0 Å². The topological polar surface area (TPSA) is 34.1 Å². The average Bonchev–Trinajstić information content (AvgIpc) is 1.87. The maximum absolute atomic E-state index is 10.2. The van der Waals surface area contributed by atoms with Crippen LogP contribution in [0.3, 0.4) is 0 Å². The number of thioether (sulfide) groups is 1.